The summed E-state index contributed by atoms with van der Waals surface area (Å²) in [7, 11) is 1.18. The van der Waals surface area contributed by atoms with Gasteiger partial charge in [-0.2, -0.15) is 4.98 Å². The molecular weight excluding hydrogens is 309 g/mol. The first kappa shape index (κ1) is 15.1. The number of aromatic nitrogens is 1. The maximum atomic E-state index is 13.6. The lowest BCUT2D eigenvalue weighted by Crippen LogP contribution is -2.06. The molecule has 0 unspecified atom stereocenters. The number of hydrogen-bond acceptors (Lipinski definition) is 4. The third kappa shape index (κ3) is 3.25. The molecule has 0 radical (unpaired) electrons. The van der Waals surface area contributed by atoms with E-state index in [1.807, 2.05) is 0 Å². The van der Waals surface area contributed by atoms with E-state index >= 15 is 0 Å². The van der Waals surface area contributed by atoms with Crippen LogP contribution in [0.3, 0.4) is 0 Å². The first-order chi connectivity index (χ1) is 9.92. The molecule has 0 atom stereocenters. The molecule has 0 saturated heterocycles. The lowest BCUT2D eigenvalue weighted by Gasteiger charge is -2.11. The number of pyridine rings is 1. The van der Waals surface area contributed by atoms with Crippen LogP contribution in [0.5, 0.6) is 5.88 Å². The number of carbonyl (C=O) groups excluding carboxylic acids is 1. The molecule has 1 aromatic carbocycles. The number of hydrogen-bond donors (Lipinski definition) is 1. The quantitative estimate of drug-likeness (QED) is 0.875. The number of nitrogens with one attached hydrogen (secondary N) is 1. The second-order valence-corrected chi connectivity index (χ2v) is 4.24. The van der Waals surface area contributed by atoms with Crippen LogP contribution in [0.15, 0.2) is 24.3 Å². The van der Waals surface area contributed by atoms with Gasteiger partial charge in [0.05, 0.1) is 18.4 Å². The van der Waals surface area contributed by atoms with E-state index < -0.39 is 28.6 Å². The van der Waals surface area contributed by atoms with Crippen molar-refractivity contribution in [2.24, 2.45) is 0 Å². The van der Waals surface area contributed by atoms with Gasteiger partial charge in [0.2, 0.25) is 0 Å². The summed E-state index contributed by atoms with van der Waals surface area (Å²) in [6.07, 6.45) is 0. The topological polar surface area (TPSA) is 51.2 Å². The lowest BCUT2D eigenvalue weighted by molar-refractivity contribution is 0.108. The van der Waals surface area contributed by atoms with Gasteiger partial charge in [0, 0.05) is 6.07 Å². The van der Waals surface area contributed by atoms with Crippen LogP contribution < -0.4 is 10.1 Å². The zero-order chi connectivity index (χ0) is 15.6. The number of carbonyl (C=O) groups is 1. The van der Waals surface area contributed by atoms with E-state index in [1.54, 1.807) is 0 Å². The zero-order valence-corrected chi connectivity index (χ0v) is 11.3. The molecule has 0 amide bonds. The molecule has 2 aromatic rings. The van der Waals surface area contributed by atoms with E-state index in [-0.39, 0.29) is 17.1 Å². The second-order valence-electron chi connectivity index (χ2n) is 3.90. The van der Waals surface area contributed by atoms with Gasteiger partial charge in [-0.15, -0.1) is 0 Å². The zero-order valence-electron chi connectivity index (χ0n) is 10.6. The molecule has 0 aliphatic rings. The van der Waals surface area contributed by atoms with Crippen molar-refractivity contribution in [2.75, 3.05) is 12.4 Å². The van der Waals surface area contributed by atoms with Crippen molar-refractivity contribution >= 4 is 28.3 Å². The summed E-state index contributed by atoms with van der Waals surface area (Å²) in [6.45, 7) is 0. The minimum Gasteiger partial charge on any atom is -0.479 e. The molecule has 4 nitrogen and oxygen atoms in total. The summed E-state index contributed by atoms with van der Waals surface area (Å²) in [5, 5.41) is 1.45. The van der Waals surface area contributed by atoms with Gasteiger partial charge in [-0.05, 0) is 29.8 Å². The fourth-order valence-electron chi connectivity index (χ4n) is 1.58. The third-order valence-corrected chi connectivity index (χ3v) is 2.74. The van der Waals surface area contributed by atoms with Gasteiger partial charge in [0.1, 0.15) is 17.5 Å². The fraction of sp³-hybridized carbons (Fsp3) is 0.0769. The average molecular weight is 317 g/mol. The highest BCUT2D eigenvalue weighted by atomic mass is 35.5. The van der Waals surface area contributed by atoms with Crippen molar-refractivity contribution in [3.05, 3.63) is 47.3 Å². The third-order valence-electron chi connectivity index (χ3n) is 2.53. The number of benzene rings is 1. The lowest BCUT2D eigenvalue weighted by atomic mass is 10.2. The highest BCUT2D eigenvalue weighted by Crippen LogP contribution is 2.27. The number of nitrogens with zero attached hydrogens (tertiary/aromatic N) is 1. The van der Waals surface area contributed by atoms with Crippen LogP contribution in [0, 0.1) is 17.5 Å². The molecule has 1 heterocycles. The molecule has 110 valence electrons. The molecule has 0 bridgehead atoms. The highest BCUT2D eigenvalue weighted by Gasteiger charge is 2.18. The average Bonchev–Trinajstić information content (AvgIpc) is 2.42. The molecule has 0 aliphatic heterocycles. The standard InChI is InChI=1S/C13H8ClF3N2O2/c1-21-13-9(17)5-7(11(14)20)12(19-13)18-10-3-2-6(15)4-8(10)16/h2-5H,1H3,(H,18,19). The second kappa shape index (κ2) is 6.01. The molecule has 0 aliphatic carbocycles. The van der Waals surface area contributed by atoms with E-state index in [1.165, 1.54) is 7.11 Å². The Morgan fingerprint density at radius 2 is 1.95 bits per heavy atom. The highest BCUT2D eigenvalue weighted by molar-refractivity contribution is 6.68. The van der Waals surface area contributed by atoms with Crippen molar-refractivity contribution in [3.63, 3.8) is 0 Å². The van der Waals surface area contributed by atoms with Crippen LogP contribution in [0.4, 0.5) is 24.7 Å². The van der Waals surface area contributed by atoms with Crippen LogP contribution in [-0.4, -0.2) is 17.3 Å². The van der Waals surface area contributed by atoms with Crippen LogP contribution in [0.25, 0.3) is 0 Å². The first-order valence-corrected chi connectivity index (χ1v) is 5.96. The Morgan fingerprint density at radius 1 is 1.24 bits per heavy atom. The van der Waals surface area contributed by atoms with Gasteiger partial charge >= 0.3 is 0 Å². The summed E-state index contributed by atoms with van der Waals surface area (Å²) in [6, 6.07) is 3.56. The Labute approximate surface area is 122 Å². The van der Waals surface area contributed by atoms with E-state index in [2.05, 4.69) is 15.0 Å². The Hall–Kier alpha value is -2.28. The van der Waals surface area contributed by atoms with Gasteiger partial charge in [-0.3, -0.25) is 4.79 Å². The molecule has 0 fully saturated rings. The molecule has 8 heteroatoms. The number of anilines is 2. The predicted octanol–water partition coefficient (Wildman–Crippen LogP) is 3.63. The minimum absolute atomic E-state index is 0.156. The largest absolute Gasteiger partial charge is 0.479 e. The maximum absolute atomic E-state index is 13.6. The number of halogens is 4. The molecule has 1 N–H and O–H groups in total. The van der Waals surface area contributed by atoms with Crippen molar-refractivity contribution in [1.82, 2.24) is 4.98 Å². The molecule has 2 rings (SSSR count). The van der Waals surface area contributed by atoms with Crippen LogP contribution >= 0.6 is 11.6 Å². The van der Waals surface area contributed by atoms with Crippen molar-refractivity contribution in [1.29, 1.82) is 0 Å². The Morgan fingerprint density at radius 3 is 2.52 bits per heavy atom. The van der Waals surface area contributed by atoms with Gasteiger partial charge in [0.15, 0.2) is 5.82 Å². The Balaban J connectivity index is 2.49. The smallest absolute Gasteiger partial charge is 0.256 e. The summed E-state index contributed by atoms with van der Waals surface area (Å²) < 4.78 is 44.6. The number of rotatable bonds is 4. The van der Waals surface area contributed by atoms with E-state index in [4.69, 9.17) is 11.6 Å². The Kier molecular flexibility index (Phi) is 4.32. The Bertz CT molecular complexity index is 710. The molecule has 0 saturated carbocycles. The van der Waals surface area contributed by atoms with Gasteiger partial charge in [0.25, 0.3) is 11.1 Å². The first-order valence-electron chi connectivity index (χ1n) is 5.59. The predicted molar refractivity (Wildman–Crippen MR) is 70.6 cm³/mol. The van der Waals surface area contributed by atoms with Crippen LogP contribution in [0.2, 0.25) is 0 Å². The summed E-state index contributed by atoms with van der Waals surface area (Å²) in [5.41, 5.74) is -0.463. The van der Waals surface area contributed by atoms with E-state index in [9.17, 15) is 18.0 Å². The van der Waals surface area contributed by atoms with Gasteiger partial charge in [-0.1, -0.05) is 0 Å². The minimum atomic E-state index is -0.992. The monoisotopic (exact) mass is 316 g/mol. The molecular formula is C13H8ClF3N2O2. The van der Waals surface area contributed by atoms with E-state index in [0.717, 1.165) is 18.2 Å². The van der Waals surface area contributed by atoms with Crippen molar-refractivity contribution in [3.8, 4) is 5.88 Å². The van der Waals surface area contributed by atoms with Gasteiger partial charge in [-0.25, -0.2) is 13.2 Å². The van der Waals surface area contributed by atoms with Crippen molar-refractivity contribution < 1.29 is 22.7 Å². The molecule has 21 heavy (non-hydrogen) atoms. The fourth-order valence-corrected chi connectivity index (χ4v) is 1.72. The van der Waals surface area contributed by atoms with Crippen LogP contribution in [0.1, 0.15) is 10.4 Å². The summed E-state index contributed by atoms with van der Waals surface area (Å²) >= 11 is 5.33. The van der Waals surface area contributed by atoms with Crippen molar-refractivity contribution in [2.45, 2.75) is 0 Å². The van der Waals surface area contributed by atoms with Gasteiger partial charge < -0.3 is 10.1 Å². The van der Waals surface area contributed by atoms with E-state index in [0.29, 0.717) is 6.07 Å². The summed E-state index contributed by atoms with van der Waals surface area (Å²) in [4.78, 5) is 15.0. The molecule has 0 spiro atoms. The number of methoxy groups -OCH3 is 1. The van der Waals surface area contributed by atoms with Crippen LogP contribution in [-0.2, 0) is 0 Å². The SMILES string of the molecule is COc1nc(Nc2ccc(F)cc2F)c(C(=O)Cl)cc1F. The normalized spacial score (nSPS) is 10.3. The maximum Gasteiger partial charge on any atom is 0.256 e. The molecule has 1 aromatic heterocycles. The number of ether oxygens (including phenoxy) is 1. The summed E-state index contributed by atoms with van der Waals surface area (Å²) in [5.74, 6) is -3.18.